The van der Waals surface area contributed by atoms with E-state index in [1.54, 1.807) is 48.8 Å². The molecule has 1 atom stereocenters. The van der Waals surface area contributed by atoms with Crippen molar-refractivity contribution in [3.05, 3.63) is 54.4 Å². The molecule has 0 spiro atoms. The van der Waals surface area contributed by atoms with Gasteiger partial charge in [-0.05, 0) is 68.2 Å². The third-order valence-corrected chi connectivity index (χ3v) is 4.29. The van der Waals surface area contributed by atoms with E-state index in [2.05, 4.69) is 20.9 Å². The number of pyridine rings is 1. The Bertz CT molecular complexity index is 710. The number of rotatable bonds is 6. The summed E-state index contributed by atoms with van der Waals surface area (Å²) in [6.07, 6.45) is 5.82. The molecule has 25 heavy (non-hydrogen) atoms. The summed E-state index contributed by atoms with van der Waals surface area (Å²) < 4.78 is 0. The van der Waals surface area contributed by atoms with E-state index in [0.717, 1.165) is 25.9 Å². The maximum absolute atomic E-state index is 12.2. The van der Waals surface area contributed by atoms with Crippen molar-refractivity contribution in [2.75, 3.05) is 23.7 Å². The molecule has 0 saturated carbocycles. The molecule has 2 amide bonds. The summed E-state index contributed by atoms with van der Waals surface area (Å²) in [5, 5.41) is 8.96. The lowest BCUT2D eigenvalue weighted by Gasteiger charge is -2.09. The first kappa shape index (κ1) is 17.1. The van der Waals surface area contributed by atoms with Crippen LogP contribution in [0.3, 0.4) is 0 Å². The number of aromatic nitrogens is 1. The SMILES string of the molecule is O=C(CCC1CCNC1)Nc1ccc(C(=O)Nc2cccnc2)cc1. The Hall–Kier alpha value is -2.73. The second-order valence-corrected chi connectivity index (χ2v) is 6.22. The summed E-state index contributed by atoms with van der Waals surface area (Å²) in [6.45, 7) is 2.06. The summed E-state index contributed by atoms with van der Waals surface area (Å²) in [5.74, 6) is 0.406. The molecule has 1 aliphatic heterocycles. The molecule has 0 bridgehead atoms. The van der Waals surface area contributed by atoms with Crippen LogP contribution in [0.4, 0.5) is 11.4 Å². The minimum absolute atomic E-state index is 0.0134. The van der Waals surface area contributed by atoms with Crippen molar-refractivity contribution in [1.29, 1.82) is 0 Å². The minimum Gasteiger partial charge on any atom is -0.326 e. The van der Waals surface area contributed by atoms with Crippen molar-refractivity contribution in [1.82, 2.24) is 10.3 Å². The molecule has 6 heteroatoms. The van der Waals surface area contributed by atoms with E-state index in [0.29, 0.717) is 29.3 Å². The van der Waals surface area contributed by atoms with Gasteiger partial charge in [-0.3, -0.25) is 14.6 Å². The fourth-order valence-corrected chi connectivity index (χ4v) is 2.86. The zero-order chi connectivity index (χ0) is 17.5. The Morgan fingerprint density at radius 1 is 1.12 bits per heavy atom. The van der Waals surface area contributed by atoms with Gasteiger partial charge in [0.15, 0.2) is 0 Å². The highest BCUT2D eigenvalue weighted by atomic mass is 16.2. The van der Waals surface area contributed by atoms with Gasteiger partial charge in [0.05, 0.1) is 11.9 Å². The number of carbonyl (C=O) groups is 2. The van der Waals surface area contributed by atoms with Crippen LogP contribution in [0, 0.1) is 5.92 Å². The summed E-state index contributed by atoms with van der Waals surface area (Å²) in [7, 11) is 0. The molecule has 1 aliphatic rings. The number of nitrogens with one attached hydrogen (secondary N) is 3. The van der Waals surface area contributed by atoms with Gasteiger partial charge in [-0.25, -0.2) is 0 Å². The molecule has 0 radical (unpaired) electrons. The van der Waals surface area contributed by atoms with E-state index in [9.17, 15) is 9.59 Å². The first-order valence-electron chi connectivity index (χ1n) is 8.53. The van der Waals surface area contributed by atoms with Gasteiger partial charge >= 0.3 is 0 Å². The van der Waals surface area contributed by atoms with Crippen LogP contribution in [0.1, 0.15) is 29.6 Å². The number of nitrogens with zero attached hydrogens (tertiary/aromatic N) is 1. The normalized spacial score (nSPS) is 16.4. The average Bonchev–Trinajstić information content (AvgIpc) is 3.15. The highest BCUT2D eigenvalue weighted by molar-refractivity contribution is 6.04. The molecule has 1 aromatic carbocycles. The molecular formula is C19H22N4O2. The van der Waals surface area contributed by atoms with Crippen LogP contribution in [-0.2, 0) is 4.79 Å². The standard InChI is InChI=1S/C19H22N4O2/c24-18(8-3-14-9-11-21-12-14)22-16-6-4-15(5-7-16)19(25)23-17-2-1-10-20-13-17/h1-2,4-7,10,13-14,21H,3,8-9,11-12H2,(H,22,24)(H,23,25). The number of carbonyl (C=O) groups excluding carboxylic acids is 2. The van der Waals surface area contributed by atoms with Crippen molar-refractivity contribution in [3.8, 4) is 0 Å². The molecule has 2 heterocycles. The number of benzene rings is 1. The summed E-state index contributed by atoms with van der Waals surface area (Å²) in [4.78, 5) is 28.1. The monoisotopic (exact) mass is 338 g/mol. The molecule has 1 aromatic heterocycles. The summed E-state index contributed by atoms with van der Waals surface area (Å²) >= 11 is 0. The predicted molar refractivity (Wildman–Crippen MR) is 97.5 cm³/mol. The Morgan fingerprint density at radius 3 is 2.64 bits per heavy atom. The van der Waals surface area contributed by atoms with E-state index in [-0.39, 0.29) is 11.8 Å². The second-order valence-electron chi connectivity index (χ2n) is 6.22. The molecule has 0 aliphatic carbocycles. The van der Waals surface area contributed by atoms with Gasteiger partial charge in [-0.2, -0.15) is 0 Å². The third kappa shape index (κ3) is 5.12. The Kier molecular flexibility index (Phi) is 5.74. The zero-order valence-electron chi connectivity index (χ0n) is 14.0. The molecule has 3 N–H and O–H groups in total. The molecule has 2 aromatic rings. The first-order chi connectivity index (χ1) is 12.2. The predicted octanol–water partition coefficient (Wildman–Crippen LogP) is 2.66. The zero-order valence-corrected chi connectivity index (χ0v) is 14.0. The highest BCUT2D eigenvalue weighted by Crippen LogP contribution is 2.16. The fourth-order valence-electron chi connectivity index (χ4n) is 2.86. The number of amides is 2. The van der Waals surface area contributed by atoms with Crippen molar-refractivity contribution in [2.24, 2.45) is 5.92 Å². The van der Waals surface area contributed by atoms with E-state index >= 15 is 0 Å². The third-order valence-electron chi connectivity index (χ3n) is 4.29. The van der Waals surface area contributed by atoms with Gasteiger partial charge in [0.25, 0.3) is 5.91 Å². The van der Waals surface area contributed by atoms with E-state index in [1.165, 1.54) is 0 Å². The average molecular weight is 338 g/mol. The minimum atomic E-state index is -0.209. The topological polar surface area (TPSA) is 83.1 Å². The molecule has 1 fully saturated rings. The number of hydrogen-bond acceptors (Lipinski definition) is 4. The van der Waals surface area contributed by atoms with Gasteiger partial charge in [-0.1, -0.05) is 0 Å². The van der Waals surface area contributed by atoms with Crippen molar-refractivity contribution in [2.45, 2.75) is 19.3 Å². The summed E-state index contributed by atoms with van der Waals surface area (Å²) in [5.41, 5.74) is 1.87. The summed E-state index contributed by atoms with van der Waals surface area (Å²) in [6, 6.07) is 10.4. The second kappa shape index (κ2) is 8.39. The van der Waals surface area contributed by atoms with Crippen molar-refractivity contribution in [3.63, 3.8) is 0 Å². The van der Waals surface area contributed by atoms with Gasteiger partial charge < -0.3 is 16.0 Å². The highest BCUT2D eigenvalue weighted by Gasteiger charge is 2.15. The van der Waals surface area contributed by atoms with Gasteiger partial charge in [0.2, 0.25) is 5.91 Å². The lowest BCUT2D eigenvalue weighted by atomic mass is 10.0. The smallest absolute Gasteiger partial charge is 0.255 e. The fraction of sp³-hybridized carbons (Fsp3) is 0.316. The molecule has 3 rings (SSSR count). The lowest BCUT2D eigenvalue weighted by Crippen LogP contribution is -2.15. The van der Waals surface area contributed by atoms with E-state index < -0.39 is 0 Å². The van der Waals surface area contributed by atoms with Crippen LogP contribution in [0.25, 0.3) is 0 Å². The van der Waals surface area contributed by atoms with Crippen molar-refractivity contribution < 1.29 is 9.59 Å². The van der Waals surface area contributed by atoms with Gasteiger partial charge in [-0.15, -0.1) is 0 Å². The lowest BCUT2D eigenvalue weighted by molar-refractivity contribution is -0.116. The van der Waals surface area contributed by atoms with E-state index in [4.69, 9.17) is 0 Å². The Morgan fingerprint density at radius 2 is 1.96 bits per heavy atom. The van der Waals surface area contributed by atoms with Crippen LogP contribution in [0.15, 0.2) is 48.8 Å². The van der Waals surface area contributed by atoms with E-state index in [1.807, 2.05) is 0 Å². The molecule has 130 valence electrons. The molecular weight excluding hydrogens is 316 g/mol. The quantitative estimate of drug-likeness (QED) is 0.756. The van der Waals surface area contributed by atoms with Gasteiger partial charge in [0.1, 0.15) is 0 Å². The van der Waals surface area contributed by atoms with Crippen LogP contribution in [-0.4, -0.2) is 29.9 Å². The van der Waals surface area contributed by atoms with Crippen LogP contribution < -0.4 is 16.0 Å². The van der Waals surface area contributed by atoms with Crippen LogP contribution in [0.2, 0.25) is 0 Å². The molecule has 6 nitrogen and oxygen atoms in total. The Balaban J connectivity index is 1.49. The van der Waals surface area contributed by atoms with Crippen LogP contribution in [0.5, 0.6) is 0 Å². The largest absolute Gasteiger partial charge is 0.326 e. The number of hydrogen-bond donors (Lipinski definition) is 3. The number of anilines is 2. The van der Waals surface area contributed by atoms with Gasteiger partial charge in [0, 0.05) is 23.9 Å². The first-order valence-corrected chi connectivity index (χ1v) is 8.53. The maximum atomic E-state index is 12.2. The van der Waals surface area contributed by atoms with Crippen LogP contribution >= 0.6 is 0 Å². The van der Waals surface area contributed by atoms with Crippen molar-refractivity contribution >= 4 is 23.2 Å². The molecule has 1 saturated heterocycles. The maximum Gasteiger partial charge on any atom is 0.255 e. The molecule has 1 unspecified atom stereocenters. The Labute approximate surface area is 147 Å².